The molecule has 0 atom stereocenters. The molecule has 10 heteroatoms. The predicted molar refractivity (Wildman–Crippen MR) is 116 cm³/mol. The minimum absolute atomic E-state index is 0.113. The van der Waals surface area contributed by atoms with Crippen molar-refractivity contribution in [2.24, 2.45) is 0 Å². The summed E-state index contributed by atoms with van der Waals surface area (Å²) < 4.78 is 6.44. The third kappa shape index (κ3) is 5.56. The number of amides is 1. The lowest BCUT2D eigenvalue weighted by atomic mass is 10.1. The van der Waals surface area contributed by atoms with Gasteiger partial charge < -0.3 is 15.9 Å². The van der Waals surface area contributed by atoms with Crippen molar-refractivity contribution in [3.63, 3.8) is 0 Å². The van der Waals surface area contributed by atoms with Gasteiger partial charge in [-0.3, -0.25) is 4.79 Å². The first kappa shape index (κ1) is 21.3. The monoisotopic (exact) mass is 451 g/mol. The van der Waals surface area contributed by atoms with E-state index in [0.29, 0.717) is 33.1 Å². The maximum atomic E-state index is 12.1. The zero-order chi connectivity index (χ0) is 20.8. The maximum absolute atomic E-state index is 12.1. The first-order valence-electron chi connectivity index (χ1n) is 8.66. The van der Waals surface area contributed by atoms with Crippen molar-refractivity contribution < 1.29 is 9.53 Å². The number of hydrogen-bond acceptors (Lipinski definition) is 6. The molecule has 0 spiro atoms. The lowest BCUT2D eigenvalue weighted by Crippen LogP contribution is -2.27. The first-order chi connectivity index (χ1) is 14.0. The van der Waals surface area contributed by atoms with Gasteiger partial charge in [0.25, 0.3) is 0 Å². The number of hydrogen-bond donors (Lipinski definition) is 2. The van der Waals surface area contributed by atoms with Gasteiger partial charge in [0.2, 0.25) is 11.1 Å². The molecule has 2 aromatic carbocycles. The summed E-state index contributed by atoms with van der Waals surface area (Å²) in [6.07, 6.45) is 0.729. The molecule has 0 aliphatic carbocycles. The quantitative estimate of drug-likeness (QED) is 0.402. The first-order valence-corrected chi connectivity index (χ1v) is 10.4. The van der Waals surface area contributed by atoms with E-state index >= 15 is 0 Å². The molecule has 1 amide bonds. The number of nitrogens with zero attached hydrogens (tertiary/aromatic N) is 3. The smallest absolute Gasteiger partial charge is 0.230 e. The number of thioether (sulfide) groups is 1. The molecule has 1 aromatic heterocycles. The Kier molecular flexibility index (Phi) is 7.24. The summed E-state index contributed by atoms with van der Waals surface area (Å²) in [7, 11) is 1.63. The Bertz CT molecular complexity index is 995. The Hall–Kier alpha value is -2.42. The number of nitrogens with two attached hydrogens (primary N) is 1. The van der Waals surface area contributed by atoms with Crippen LogP contribution in [0, 0.1) is 0 Å². The van der Waals surface area contributed by atoms with Crippen LogP contribution in [-0.4, -0.2) is 40.2 Å². The fraction of sp³-hybridized carbons (Fsp3) is 0.211. The van der Waals surface area contributed by atoms with E-state index in [1.807, 2.05) is 24.3 Å². The lowest BCUT2D eigenvalue weighted by Gasteiger charge is -2.07. The van der Waals surface area contributed by atoms with E-state index in [1.54, 1.807) is 25.3 Å². The summed E-state index contributed by atoms with van der Waals surface area (Å²) >= 11 is 13.3. The summed E-state index contributed by atoms with van der Waals surface area (Å²) in [4.78, 5) is 12.1. The largest absolute Gasteiger partial charge is 0.497 e. The highest BCUT2D eigenvalue weighted by molar-refractivity contribution is 7.99. The Morgan fingerprint density at radius 1 is 1.21 bits per heavy atom. The number of nitrogen functional groups attached to an aromatic ring is 1. The second-order valence-electron chi connectivity index (χ2n) is 6.04. The highest BCUT2D eigenvalue weighted by Crippen LogP contribution is 2.30. The predicted octanol–water partition coefficient (Wildman–Crippen LogP) is 3.43. The van der Waals surface area contributed by atoms with Crippen molar-refractivity contribution in [3.05, 3.63) is 58.1 Å². The van der Waals surface area contributed by atoms with Crippen molar-refractivity contribution in [1.82, 2.24) is 20.2 Å². The molecule has 0 aliphatic rings. The van der Waals surface area contributed by atoms with Crippen molar-refractivity contribution in [2.75, 3.05) is 25.3 Å². The lowest BCUT2D eigenvalue weighted by molar-refractivity contribution is -0.118. The van der Waals surface area contributed by atoms with E-state index in [1.165, 1.54) is 16.4 Å². The standard InChI is InChI=1S/C19H19Cl2N5O2S/c1-28-14-5-2-12(3-6-14)8-9-23-17(27)11-29-19-25-24-18(26(19)22)15-7-4-13(20)10-16(15)21/h2-7,10H,8-9,11,22H2,1H3,(H,23,27). The summed E-state index contributed by atoms with van der Waals surface area (Å²) in [5, 5.41) is 12.3. The molecular weight excluding hydrogens is 433 g/mol. The van der Waals surface area contributed by atoms with Gasteiger partial charge in [0.05, 0.1) is 17.9 Å². The van der Waals surface area contributed by atoms with Gasteiger partial charge in [0.1, 0.15) is 5.75 Å². The van der Waals surface area contributed by atoms with Crippen molar-refractivity contribution in [1.29, 1.82) is 0 Å². The zero-order valence-corrected chi connectivity index (χ0v) is 17.9. The van der Waals surface area contributed by atoms with Gasteiger partial charge in [0, 0.05) is 17.1 Å². The van der Waals surface area contributed by atoms with Crippen LogP contribution in [0.1, 0.15) is 5.56 Å². The van der Waals surface area contributed by atoms with Gasteiger partial charge >= 0.3 is 0 Å². The third-order valence-electron chi connectivity index (χ3n) is 4.06. The van der Waals surface area contributed by atoms with Crippen LogP contribution in [0.5, 0.6) is 5.75 Å². The molecule has 0 saturated carbocycles. The van der Waals surface area contributed by atoms with Crippen LogP contribution in [-0.2, 0) is 11.2 Å². The maximum Gasteiger partial charge on any atom is 0.230 e. The van der Waals surface area contributed by atoms with Crippen molar-refractivity contribution >= 4 is 40.9 Å². The molecule has 3 N–H and O–H groups in total. The molecule has 3 rings (SSSR count). The van der Waals surface area contributed by atoms with Gasteiger partial charge in [-0.1, -0.05) is 47.1 Å². The summed E-state index contributed by atoms with van der Waals surface area (Å²) in [5.41, 5.74) is 1.73. The molecule has 0 unspecified atom stereocenters. The van der Waals surface area contributed by atoms with Gasteiger partial charge in [-0.15, -0.1) is 10.2 Å². The summed E-state index contributed by atoms with van der Waals surface area (Å²) in [6, 6.07) is 12.8. The summed E-state index contributed by atoms with van der Waals surface area (Å²) in [6.45, 7) is 0.534. The van der Waals surface area contributed by atoms with Crippen LogP contribution in [0.2, 0.25) is 10.0 Å². The Morgan fingerprint density at radius 2 is 1.97 bits per heavy atom. The van der Waals surface area contributed by atoms with E-state index in [4.69, 9.17) is 33.8 Å². The number of methoxy groups -OCH3 is 1. The number of carbonyl (C=O) groups is 1. The Morgan fingerprint density at radius 3 is 2.66 bits per heavy atom. The molecule has 0 fully saturated rings. The normalized spacial score (nSPS) is 10.7. The second kappa shape index (κ2) is 9.87. The number of aromatic nitrogens is 3. The number of carbonyl (C=O) groups excluding carboxylic acids is 1. The van der Waals surface area contributed by atoms with Gasteiger partial charge in [-0.05, 0) is 42.3 Å². The molecule has 0 radical (unpaired) electrons. The van der Waals surface area contributed by atoms with E-state index in [-0.39, 0.29) is 11.7 Å². The van der Waals surface area contributed by atoms with E-state index in [0.717, 1.165) is 17.7 Å². The highest BCUT2D eigenvalue weighted by Gasteiger charge is 2.16. The number of ether oxygens (including phenoxy) is 1. The van der Waals surface area contributed by atoms with E-state index in [2.05, 4.69) is 15.5 Å². The zero-order valence-electron chi connectivity index (χ0n) is 15.6. The van der Waals surface area contributed by atoms with E-state index < -0.39 is 0 Å². The average molecular weight is 452 g/mol. The van der Waals surface area contributed by atoms with Crippen LogP contribution in [0.25, 0.3) is 11.4 Å². The molecule has 0 aliphatic heterocycles. The number of benzene rings is 2. The topological polar surface area (TPSA) is 95.1 Å². The van der Waals surface area contributed by atoms with E-state index in [9.17, 15) is 4.79 Å². The third-order valence-corrected chi connectivity index (χ3v) is 5.55. The molecule has 152 valence electrons. The highest BCUT2D eigenvalue weighted by atomic mass is 35.5. The van der Waals surface area contributed by atoms with Crippen LogP contribution in [0.4, 0.5) is 0 Å². The van der Waals surface area contributed by atoms with Crippen LogP contribution in [0.15, 0.2) is 47.6 Å². The van der Waals surface area contributed by atoms with Crippen LogP contribution in [0.3, 0.4) is 0 Å². The Balaban J connectivity index is 1.50. The van der Waals surface area contributed by atoms with Crippen molar-refractivity contribution in [3.8, 4) is 17.1 Å². The molecule has 29 heavy (non-hydrogen) atoms. The fourth-order valence-corrected chi connectivity index (χ4v) is 3.73. The summed E-state index contributed by atoms with van der Waals surface area (Å²) in [5.74, 6) is 7.33. The molecule has 0 bridgehead atoms. The average Bonchev–Trinajstić information content (AvgIpc) is 3.07. The minimum Gasteiger partial charge on any atom is -0.497 e. The molecule has 1 heterocycles. The fourth-order valence-electron chi connectivity index (χ4n) is 2.55. The van der Waals surface area contributed by atoms with Gasteiger partial charge in [-0.2, -0.15) is 0 Å². The Labute approximate surface area is 182 Å². The molecule has 0 saturated heterocycles. The number of nitrogens with one attached hydrogen (secondary N) is 1. The minimum atomic E-state index is -0.113. The van der Waals surface area contributed by atoms with Crippen LogP contribution >= 0.6 is 35.0 Å². The molecular formula is C19H19Cl2N5O2S. The molecule has 7 nitrogen and oxygen atoms in total. The SMILES string of the molecule is COc1ccc(CCNC(=O)CSc2nnc(-c3ccc(Cl)cc3Cl)n2N)cc1. The number of halogens is 2. The second-order valence-corrected chi connectivity index (χ2v) is 7.82. The van der Waals surface area contributed by atoms with Gasteiger partial charge in [-0.25, -0.2) is 4.68 Å². The number of rotatable bonds is 8. The van der Waals surface area contributed by atoms with Crippen molar-refractivity contribution in [2.45, 2.75) is 11.6 Å². The molecule has 3 aromatic rings. The van der Waals surface area contributed by atoms with Gasteiger partial charge in [0.15, 0.2) is 5.82 Å². The van der Waals surface area contributed by atoms with Crippen LogP contribution < -0.4 is 15.9 Å².